The van der Waals surface area contributed by atoms with Gasteiger partial charge in [-0.2, -0.15) is 0 Å². The minimum Gasteiger partial charge on any atom is -0.378 e. The van der Waals surface area contributed by atoms with Crippen LogP contribution in [0.5, 0.6) is 0 Å². The van der Waals surface area contributed by atoms with Gasteiger partial charge in [0.1, 0.15) is 0 Å². The van der Waals surface area contributed by atoms with Gasteiger partial charge in [0.15, 0.2) is 5.16 Å². The molecule has 1 aromatic rings. The van der Waals surface area contributed by atoms with E-state index in [0.717, 1.165) is 50.4 Å². The number of nitrogens with one attached hydrogen (secondary N) is 1. The van der Waals surface area contributed by atoms with E-state index in [9.17, 15) is 4.79 Å². The Balaban J connectivity index is 1.55. The number of nitrogens with zero attached hydrogens (tertiary/aromatic N) is 4. The van der Waals surface area contributed by atoms with Crippen LogP contribution < -0.4 is 10.2 Å². The summed E-state index contributed by atoms with van der Waals surface area (Å²) < 4.78 is 7.50. The summed E-state index contributed by atoms with van der Waals surface area (Å²) in [5.74, 6) is 2.60. The third kappa shape index (κ3) is 4.52. The molecule has 0 spiro atoms. The molecule has 0 radical (unpaired) electrons. The predicted molar refractivity (Wildman–Crippen MR) is 104 cm³/mol. The van der Waals surface area contributed by atoms with Gasteiger partial charge in [0.05, 0.1) is 19.0 Å². The van der Waals surface area contributed by atoms with Crippen molar-refractivity contribution in [2.24, 2.45) is 11.8 Å². The van der Waals surface area contributed by atoms with Gasteiger partial charge >= 0.3 is 0 Å². The molecule has 1 saturated heterocycles. The maximum Gasteiger partial charge on any atom is 0.230 e. The molecular formula is C18H31N5O2S. The van der Waals surface area contributed by atoms with E-state index in [0.29, 0.717) is 23.6 Å². The van der Waals surface area contributed by atoms with Gasteiger partial charge in [-0.05, 0) is 25.2 Å². The molecule has 7 nitrogen and oxygen atoms in total. The zero-order chi connectivity index (χ0) is 18.5. The average molecular weight is 382 g/mol. The average Bonchev–Trinajstić information content (AvgIpc) is 3.07. The summed E-state index contributed by atoms with van der Waals surface area (Å²) in [6.07, 6.45) is 3.57. The number of carbonyl (C=O) groups is 1. The first-order valence-corrected chi connectivity index (χ1v) is 10.8. The number of rotatable bonds is 6. The van der Waals surface area contributed by atoms with E-state index in [4.69, 9.17) is 4.74 Å². The number of hydrogen-bond acceptors (Lipinski definition) is 6. The molecule has 1 aromatic heterocycles. The van der Waals surface area contributed by atoms with Crippen LogP contribution in [0.1, 0.15) is 40.0 Å². The van der Waals surface area contributed by atoms with Crippen LogP contribution >= 0.6 is 11.8 Å². The lowest BCUT2D eigenvalue weighted by Gasteiger charge is -2.34. The Morgan fingerprint density at radius 3 is 2.77 bits per heavy atom. The largest absolute Gasteiger partial charge is 0.378 e. The molecule has 1 aliphatic carbocycles. The summed E-state index contributed by atoms with van der Waals surface area (Å²) in [7, 11) is 0. The van der Waals surface area contributed by atoms with E-state index in [1.54, 1.807) is 0 Å². The first kappa shape index (κ1) is 19.5. The Morgan fingerprint density at radius 2 is 2.04 bits per heavy atom. The summed E-state index contributed by atoms with van der Waals surface area (Å²) in [4.78, 5) is 14.6. The van der Waals surface area contributed by atoms with Gasteiger partial charge in [-0.15, -0.1) is 10.2 Å². The molecule has 3 rings (SSSR count). The van der Waals surface area contributed by atoms with Crippen LogP contribution in [0.2, 0.25) is 0 Å². The molecule has 8 heteroatoms. The van der Waals surface area contributed by atoms with Crippen LogP contribution in [0.25, 0.3) is 0 Å². The SMILES string of the molecule is CCn1c(SCC(=O)N[C@@H]2CCC[C@H](C)[C@@H]2C)nnc1N1CCOCC1. The van der Waals surface area contributed by atoms with Crippen LogP contribution in [0.15, 0.2) is 5.16 Å². The second-order valence-electron chi connectivity index (χ2n) is 7.36. The van der Waals surface area contributed by atoms with Crippen molar-refractivity contribution < 1.29 is 9.53 Å². The second kappa shape index (κ2) is 9.08. The van der Waals surface area contributed by atoms with Crippen LogP contribution in [-0.4, -0.2) is 58.8 Å². The van der Waals surface area contributed by atoms with Gasteiger partial charge in [-0.1, -0.05) is 38.5 Å². The molecule has 2 aliphatic rings. The molecule has 26 heavy (non-hydrogen) atoms. The van der Waals surface area contributed by atoms with Gasteiger partial charge in [-0.25, -0.2) is 0 Å². The molecule has 1 N–H and O–H groups in total. The molecule has 0 aromatic carbocycles. The highest BCUT2D eigenvalue weighted by atomic mass is 32.2. The lowest BCUT2D eigenvalue weighted by molar-refractivity contribution is -0.120. The summed E-state index contributed by atoms with van der Waals surface area (Å²) in [6.45, 7) is 10.5. The van der Waals surface area contributed by atoms with E-state index in [1.165, 1.54) is 24.6 Å². The summed E-state index contributed by atoms with van der Waals surface area (Å²) in [5, 5.41) is 12.7. The summed E-state index contributed by atoms with van der Waals surface area (Å²) in [5.41, 5.74) is 0. The monoisotopic (exact) mass is 381 g/mol. The number of ether oxygens (including phenoxy) is 1. The van der Waals surface area contributed by atoms with Gasteiger partial charge in [0.25, 0.3) is 0 Å². The third-order valence-corrected chi connectivity index (χ3v) is 6.66. The molecule has 0 bridgehead atoms. The van der Waals surface area contributed by atoms with Crippen molar-refractivity contribution in [2.75, 3.05) is 37.0 Å². The van der Waals surface area contributed by atoms with E-state index in [1.807, 2.05) is 0 Å². The molecule has 0 unspecified atom stereocenters. The zero-order valence-electron chi connectivity index (χ0n) is 16.1. The van der Waals surface area contributed by atoms with E-state index >= 15 is 0 Å². The number of carbonyl (C=O) groups excluding carboxylic acids is 1. The molecule has 3 atom stereocenters. The Morgan fingerprint density at radius 1 is 1.27 bits per heavy atom. The Kier molecular flexibility index (Phi) is 6.80. The van der Waals surface area contributed by atoms with Gasteiger partial charge < -0.3 is 15.0 Å². The lowest BCUT2D eigenvalue weighted by Crippen LogP contribution is -2.44. The van der Waals surface area contributed by atoms with Crippen molar-refractivity contribution >= 4 is 23.6 Å². The molecule has 2 heterocycles. The van der Waals surface area contributed by atoms with Crippen molar-refractivity contribution in [3.05, 3.63) is 0 Å². The van der Waals surface area contributed by atoms with Crippen LogP contribution in [0.4, 0.5) is 5.95 Å². The molecule has 2 fully saturated rings. The quantitative estimate of drug-likeness (QED) is 0.762. The third-order valence-electron chi connectivity index (χ3n) is 5.69. The number of anilines is 1. The van der Waals surface area contributed by atoms with E-state index in [-0.39, 0.29) is 5.91 Å². The molecule has 1 saturated carbocycles. The standard InChI is InChI=1S/C18H31N5O2S/c1-4-23-17(22-8-10-25-11-9-22)20-21-18(23)26-12-16(24)19-15-7-5-6-13(2)14(15)3/h13-15H,4-12H2,1-3H3,(H,19,24)/t13-,14-,15+/m0/s1. The van der Waals surface area contributed by atoms with Crippen molar-refractivity contribution in [3.8, 4) is 0 Å². The minimum absolute atomic E-state index is 0.0968. The zero-order valence-corrected chi connectivity index (χ0v) is 16.9. The first-order valence-electron chi connectivity index (χ1n) is 9.78. The fourth-order valence-electron chi connectivity index (χ4n) is 3.83. The first-order chi connectivity index (χ1) is 12.6. The molecular weight excluding hydrogens is 350 g/mol. The van der Waals surface area contributed by atoms with Crippen LogP contribution in [-0.2, 0) is 16.1 Å². The normalized spacial score (nSPS) is 26.7. The van der Waals surface area contributed by atoms with Crippen LogP contribution in [0, 0.1) is 11.8 Å². The molecule has 1 amide bonds. The number of morpholine rings is 1. The second-order valence-corrected chi connectivity index (χ2v) is 8.30. The van der Waals surface area contributed by atoms with Crippen molar-refractivity contribution in [2.45, 2.75) is 57.8 Å². The Bertz CT molecular complexity index is 602. The highest BCUT2D eigenvalue weighted by Gasteiger charge is 2.28. The summed E-state index contributed by atoms with van der Waals surface area (Å²) >= 11 is 1.47. The minimum atomic E-state index is 0.0968. The predicted octanol–water partition coefficient (Wildman–Crippen LogP) is 2.17. The highest BCUT2D eigenvalue weighted by molar-refractivity contribution is 7.99. The van der Waals surface area contributed by atoms with Gasteiger partial charge in [0, 0.05) is 25.7 Å². The Labute approximate surface area is 160 Å². The van der Waals surface area contributed by atoms with Gasteiger partial charge in [-0.3, -0.25) is 9.36 Å². The van der Waals surface area contributed by atoms with Crippen LogP contribution in [0.3, 0.4) is 0 Å². The maximum absolute atomic E-state index is 12.4. The number of aromatic nitrogens is 3. The number of thioether (sulfide) groups is 1. The van der Waals surface area contributed by atoms with Crippen molar-refractivity contribution in [1.29, 1.82) is 0 Å². The van der Waals surface area contributed by atoms with E-state index < -0.39 is 0 Å². The maximum atomic E-state index is 12.4. The summed E-state index contributed by atoms with van der Waals surface area (Å²) in [6, 6.07) is 0.305. The Hall–Kier alpha value is -1.28. The fourth-order valence-corrected chi connectivity index (χ4v) is 4.63. The smallest absolute Gasteiger partial charge is 0.230 e. The highest BCUT2D eigenvalue weighted by Crippen LogP contribution is 2.29. The van der Waals surface area contributed by atoms with Gasteiger partial charge in [0.2, 0.25) is 11.9 Å². The molecule has 1 aliphatic heterocycles. The number of hydrogen-bond donors (Lipinski definition) is 1. The lowest BCUT2D eigenvalue weighted by atomic mass is 9.78. The number of amides is 1. The van der Waals surface area contributed by atoms with E-state index in [2.05, 4.69) is 45.8 Å². The fraction of sp³-hybridized carbons (Fsp3) is 0.833. The van der Waals surface area contributed by atoms with Crippen molar-refractivity contribution in [1.82, 2.24) is 20.1 Å². The molecule has 146 valence electrons. The van der Waals surface area contributed by atoms with Crippen molar-refractivity contribution in [3.63, 3.8) is 0 Å². The topological polar surface area (TPSA) is 72.3 Å².